The summed E-state index contributed by atoms with van der Waals surface area (Å²) in [6.07, 6.45) is 2.57. The molecule has 0 amide bonds. The van der Waals surface area contributed by atoms with Crippen LogP contribution in [0, 0.1) is 5.82 Å². The highest BCUT2D eigenvalue weighted by Gasteiger charge is 2.29. The van der Waals surface area contributed by atoms with E-state index >= 15 is 0 Å². The molecule has 3 heteroatoms. The third kappa shape index (κ3) is 2.95. The van der Waals surface area contributed by atoms with E-state index in [0.717, 1.165) is 29.9 Å². The maximum absolute atomic E-state index is 12.7. The van der Waals surface area contributed by atoms with Gasteiger partial charge >= 0.3 is 0 Å². The minimum atomic E-state index is -0.583. The van der Waals surface area contributed by atoms with Crippen LogP contribution in [0.15, 0.2) is 24.3 Å². The van der Waals surface area contributed by atoms with Gasteiger partial charge in [-0.25, -0.2) is 4.39 Å². The van der Waals surface area contributed by atoms with E-state index in [1.807, 2.05) is 0 Å². The molecule has 82 valence electrons. The van der Waals surface area contributed by atoms with Gasteiger partial charge in [-0.3, -0.25) is 0 Å². The van der Waals surface area contributed by atoms with Gasteiger partial charge in [0.1, 0.15) is 5.82 Å². The molecule has 1 aromatic carbocycles. The number of benzene rings is 1. The van der Waals surface area contributed by atoms with Crippen molar-refractivity contribution in [3.63, 3.8) is 0 Å². The van der Waals surface area contributed by atoms with Crippen molar-refractivity contribution in [2.24, 2.45) is 0 Å². The molecule has 1 aliphatic rings. The second kappa shape index (κ2) is 4.54. The quantitative estimate of drug-likeness (QED) is 0.836. The molecule has 1 nitrogen and oxygen atoms in total. The summed E-state index contributed by atoms with van der Waals surface area (Å²) < 4.78 is 12.7. The fraction of sp³-hybridized carbons (Fsp3) is 0.500. The third-order valence-corrected chi connectivity index (χ3v) is 4.07. The second-order valence-electron chi connectivity index (χ2n) is 4.18. The fourth-order valence-corrected chi connectivity index (χ4v) is 3.08. The molecule has 1 aliphatic heterocycles. The average Bonchev–Trinajstić information content (AvgIpc) is 2.22. The van der Waals surface area contributed by atoms with Gasteiger partial charge in [0.25, 0.3) is 0 Å². The van der Waals surface area contributed by atoms with Crippen molar-refractivity contribution < 1.29 is 9.50 Å². The van der Waals surface area contributed by atoms with Crippen LogP contribution in [0.4, 0.5) is 4.39 Å². The Morgan fingerprint density at radius 3 is 2.67 bits per heavy atom. The van der Waals surface area contributed by atoms with Gasteiger partial charge in [-0.15, -0.1) is 0 Å². The predicted octanol–water partition coefficient (Wildman–Crippen LogP) is 2.63. The van der Waals surface area contributed by atoms with Crippen molar-refractivity contribution >= 4 is 11.8 Å². The van der Waals surface area contributed by atoms with Gasteiger partial charge in [0.15, 0.2) is 0 Å². The molecule has 0 aliphatic carbocycles. The van der Waals surface area contributed by atoms with Crippen LogP contribution < -0.4 is 0 Å². The summed E-state index contributed by atoms with van der Waals surface area (Å²) in [5, 5.41) is 10.3. The standard InChI is InChI=1S/C12H15FOS/c13-11-4-2-10(3-5-11)8-12(14)6-1-7-15-9-12/h2-5,14H,1,6-9H2. The normalized spacial score (nSPS) is 26.5. The predicted molar refractivity (Wildman–Crippen MR) is 61.6 cm³/mol. The molecule has 0 aromatic heterocycles. The molecule has 1 fully saturated rings. The van der Waals surface area contributed by atoms with Gasteiger partial charge in [0, 0.05) is 12.2 Å². The lowest BCUT2D eigenvalue weighted by molar-refractivity contribution is 0.0530. The smallest absolute Gasteiger partial charge is 0.123 e. The van der Waals surface area contributed by atoms with E-state index in [1.165, 1.54) is 12.1 Å². The van der Waals surface area contributed by atoms with E-state index in [1.54, 1.807) is 23.9 Å². The van der Waals surface area contributed by atoms with Gasteiger partial charge in [0.05, 0.1) is 5.60 Å². The number of hydrogen-bond donors (Lipinski definition) is 1. The van der Waals surface area contributed by atoms with Crippen molar-refractivity contribution in [3.8, 4) is 0 Å². The minimum absolute atomic E-state index is 0.219. The summed E-state index contributed by atoms with van der Waals surface area (Å²) in [6.45, 7) is 0. The Labute approximate surface area is 93.7 Å². The Morgan fingerprint density at radius 2 is 2.07 bits per heavy atom. The Morgan fingerprint density at radius 1 is 1.33 bits per heavy atom. The molecule has 0 radical (unpaired) electrons. The molecule has 1 saturated heterocycles. The topological polar surface area (TPSA) is 20.2 Å². The lowest BCUT2D eigenvalue weighted by Gasteiger charge is -2.31. The Hall–Kier alpha value is -0.540. The Bertz CT molecular complexity index is 317. The van der Waals surface area contributed by atoms with E-state index in [0.29, 0.717) is 6.42 Å². The number of hydrogen-bond acceptors (Lipinski definition) is 2. The van der Waals surface area contributed by atoms with Crippen LogP contribution in [0.5, 0.6) is 0 Å². The highest BCUT2D eigenvalue weighted by atomic mass is 32.2. The van der Waals surface area contributed by atoms with Crippen LogP contribution in [-0.4, -0.2) is 22.2 Å². The zero-order valence-corrected chi connectivity index (χ0v) is 9.39. The number of aliphatic hydroxyl groups is 1. The van der Waals surface area contributed by atoms with Crippen molar-refractivity contribution in [3.05, 3.63) is 35.6 Å². The molecular formula is C12H15FOS. The summed E-state index contributed by atoms with van der Waals surface area (Å²) in [6, 6.07) is 6.42. The van der Waals surface area contributed by atoms with Crippen LogP contribution >= 0.6 is 11.8 Å². The Balaban J connectivity index is 2.03. The molecule has 0 spiro atoms. The monoisotopic (exact) mass is 226 g/mol. The van der Waals surface area contributed by atoms with E-state index in [4.69, 9.17) is 0 Å². The lowest BCUT2D eigenvalue weighted by atomic mass is 9.91. The van der Waals surface area contributed by atoms with Crippen LogP contribution in [0.2, 0.25) is 0 Å². The largest absolute Gasteiger partial charge is 0.389 e. The molecule has 1 N–H and O–H groups in total. The summed E-state index contributed by atoms with van der Waals surface area (Å²) in [7, 11) is 0. The number of rotatable bonds is 2. The second-order valence-corrected chi connectivity index (χ2v) is 5.29. The molecule has 1 aromatic rings. The molecule has 2 rings (SSSR count). The van der Waals surface area contributed by atoms with Crippen molar-refractivity contribution in [2.45, 2.75) is 24.9 Å². The third-order valence-electron chi connectivity index (χ3n) is 2.75. The molecular weight excluding hydrogens is 211 g/mol. The fourth-order valence-electron chi connectivity index (χ4n) is 1.96. The maximum Gasteiger partial charge on any atom is 0.123 e. The SMILES string of the molecule is OC1(Cc2ccc(F)cc2)CCCSC1. The first-order valence-electron chi connectivity index (χ1n) is 5.23. The van der Waals surface area contributed by atoms with Crippen molar-refractivity contribution in [2.75, 3.05) is 11.5 Å². The molecule has 1 unspecified atom stereocenters. The van der Waals surface area contributed by atoms with Crippen LogP contribution in [0.1, 0.15) is 18.4 Å². The van der Waals surface area contributed by atoms with Crippen molar-refractivity contribution in [1.82, 2.24) is 0 Å². The number of halogens is 1. The van der Waals surface area contributed by atoms with Gasteiger partial charge in [-0.05, 0) is 36.3 Å². The van der Waals surface area contributed by atoms with Crippen LogP contribution in [0.25, 0.3) is 0 Å². The summed E-state index contributed by atoms with van der Waals surface area (Å²) in [4.78, 5) is 0. The summed E-state index contributed by atoms with van der Waals surface area (Å²) >= 11 is 1.80. The molecule has 1 atom stereocenters. The van der Waals surface area contributed by atoms with E-state index < -0.39 is 5.60 Å². The first kappa shape index (κ1) is 11.0. The highest BCUT2D eigenvalue weighted by molar-refractivity contribution is 7.99. The maximum atomic E-state index is 12.7. The van der Waals surface area contributed by atoms with E-state index in [9.17, 15) is 9.50 Å². The minimum Gasteiger partial charge on any atom is -0.389 e. The van der Waals surface area contributed by atoms with Crippen LogP contribution in [0.3, 0.4) is 0 Å². The molecule has 0 bridgehead atoms. The van der Waals surface area contributed by atoms with Gasteiger partial charge < -0.3 is 5.11 Å². The zero-order chi connectivity index (χ0) is 10.7. The van der Waals surface area contributed by atoms with E-state index in [2.05, 4.69) is 0 Å². The average molecular weight is 226 g/mol. The van der Waals surface area contributed by atoms with Gasteiger partial charge in [-0.1, -0.05) is 12.1 Å². The lowest BCUT2D eigenvalue weighted by Crippen LogP contribution is -2.37. The van der Waals surface area contributed by atoms with Crippen molar-refractivity contribution in [1.29, 1.82) is 0 Å². The first-order valence-corrected chi connectivity index (χ1v) is 6.38. The van der Waals surface area contributed by atoms with Gasteiger partial charge in [0.2, 0.25) is 0 Å². The summed E-state index contributed by atoms with van der Waals surface area (Å²) in [5.41, 5.74) is 0.433. The molecule has 1 heterocycles. The number of thioether (sulfide) groups is 1. The molecule has 15 heavy (non-hydrogen) atoms. The molecule has 0 saturated carbocycles. The summed E-state index contributed by atoms with van der Waals surface area (Å²) in [5.74, 6) is 1.72. The van der Waals surface area contributed by atoms with Gasteiger partial charge in [-0.2, -0.15) is 11.8 Å². The van der Waals surface area contributed by atoms with Crippen LogP contribution in [-0.2, 0) is 6.42 Å². The van der Waals surface area contributed by atoms with E-state index in [-0.39, 0.29) is 5.82 Å². The highest BCUT2D eigenvalue weighted by Crippen LogP contribution is 2.29. The first-order chi connectivity index (χ1) is 7.18. The Kier molecular flexibility index (Phi) is 3.32. The zero-order valence-electron chi connectivity index (χ0n) is 8.58.